The number of hydrogen-bond acceptors (Lipinski definition) is 5. The third kappa shape index (κ3) is 6.61. The monoisotopic (exact) mass is 425 g/mol. The van der Waals surface area contributed by atoms with Gasteiger partial charge in [0.2, 0.25) is 15.9 Å². The van der Waals surface area contributed by atoms with Crippen LogP contribution in [0.25, 0.3) is 0 Å². The van der Waals surface area contributed by atoms with E-state index in [1.54, 1.807) is 24.3 Å². The van der Waals surface area contributed by atoms with Crippen LogP contribution in [0.15, 0.2) is 53.4 Å². The van der Waals surface area contributed by atoms with Crippen LogP contribution < -0.4 is 15.4 Å². The number of hydrogen-bond donors (Lipinski definition) is 3. The topological polar surface area (TPSA) is 114 Å². The fourth-order valence-electron chi connectivity index (χ4n) is 2.17. The van der Waals surface area contributed by atoms with Gasteiger partial charge in [0.1, 0.15) is 0 Å². The van der Waals surface area contributed by atoms with Crippen LogP contribution in [0.3, 0.4) is 0 Å². The van der Waals surface area contributed by atoms with Gasteiger partial charge in [-0.3, -0.25) is 9.59 Å². The highest BCUT2D eigenvalue weighted by atomic mass is 35.5. The number of nitrogens with one attached hydrogen (secondary N) is 3. The summed E-state index contributed by atoms with van der Waals surface area (Å²) >= 11 is 5.78. The summed E-state index contributed by atoms with van der Waals surface area (Å²) in [7, 11) is -2.30. The summed E-state index contributed by atoms with van der Waals surface area (Å²) in [4.78, 5) is 24.1. The lowest BCUT2D eigenvalue weighted by Crippen LogP contribution is -2.33. The molecule has 0 aliphatic heterocycles. The van der Waals surface area contributed by atoms with Crippen molar-refractivity contribution in [2.24, 2.45) is 0 Å². The highest BCUT2D eigenvalue weighted by Gasteiger charge is 2.16. The lowest BCUT2D eigenvalue weighted by Gasteiger charge is -2.09. The molecule has 0 atom stereocenters. The summed E-state index contributed by atoms with van der Waals surface area (Å²) in [6, 6.07) is 12.0. The number of anilines is 1. The zero-order valence-electron chi connectivity index (χ0n) is 15.1. The Morgan fingerprint density at radius 3 is 2.50 bits per heavy atom. The van der Waals surface area contributed by atoms with Gasteiger partial charge in [0.15, 0.2) is 0 Å². The van der Waals surface area contributed by atoms with Crippen LogP contribution in [0, 0.1) is 0 Å². The molecule has 0 radical (unpaired) electrons. The van der Waals surface area contributed by atoms with E-state index in [2.05, 4.69) is 15.4 Å². The molecule has 2 aromatic rings. The third-order valence-electron chi connectivity index (χ3n) is 3.54. The van der Waals surface area contributed by atoms with Gasteiger partial charge in [-0.15, -0.1) is 0 Å². The Balaban J connectivity index is 1.95. The molecule has 10 heteroatoms. The molecule has 0 aromatic heterocycles. The van der Waals surface area contributed by atoms with E-state index in [4.69, 9.17) is 16.3 Å². The zero-order chi connectivity index (χ0) is 20.6. The molecule has 0 aliphatic carbocycles. The molecule has 8 nitrogen and oxygen atoms in total. The van der Waals surface area contributed by atoms with Gasteiger partial charge in [0.05, 0.1) is 18.0 Å². The van der Waals surface area contributed by atoms with Crippen LogP contribution >= 0.6 is 11.6 Å². The fourth-order valence-corrected chi connectivity index (χ4v) is 3.35. The van der Waals surface area contributed by atoms with E-state index in [9.17, 15) is 18.0 Å². The number of halogens is 1. The zero-order valence-corrected chi connectivity index (χ0v) is 16.6. The maximum Gasteiger partial charge on any atom is 0.251 e. The second-order valence-electron chi connectivity index (χ2n) is 5.66. The maximum atomic E-state index is 12.2. The molecular formula is C18H20ClN3O5S. The minimum absolute atomic E-state index is 0.0538. The predicted octanol–water partition coefficient (Wildman–Crippen LogP) is 1.63. The molecule has 150 valence electrons. The van der Waals surface area contributed by atoms with Crippen LogP contribution in [0.1, 0.15) is 10.4 Å². The summed E-state index contributed by atoms with van der Waals surface area (Å²) in [5.74, 6) is -0.999. The van der Waals surface area contributed by atoms with Crippen molar-refractivity contribution in [3.63, 3.8) is 0 Å². The number of sulfonamides is 1. The Labute approximate surface area is 168 Å². The first-order chi connectivity index (χ1) is 13.3. The lowest BCUT2D eigenvalue weighted by molar-refractivity contribution is -0.115. The van der Waals surface area contributed by atoms with Crippen molar-refractivity contribution in [3.05, 3.63) is 59.1 Å². The third-order valence-corrected chi connectivity index (χ3v) is 5.25. The Morgan fingerprint density at radius 1 is 1.11 bits per heavy atom. The summed E-state index contributed by atoms with van der Waals surface area (Å²) in [5.41, 5.74) is 0.660. The number of methoxy groups -OCH3 is 1. The number of carbonyl (C=O) groups excluding carboxylic acids is 2. The SMILES string of the molecule is COCCNS(=O)(=O)c1cccc(C(=O)NCC(=O)Nc2ccc(Cl)cc2)c1. The van der Waals surface area contributed by atoms with Crippen LogP contribution in [-0.4, -0.2) is 47.0 Å². The van der Waals surface area contributed by atoms with E-state index in [1.807, 2.05) is 0 Å². The number of rotatable bonds is 9. The molecule has 0 saturated carbocycles. The second kappa shape index (κ2) is 10.2. The number of ether oxygens (including phenoxy) is 1. The van der Waals surface area contributed by atoms with E-state index in [1.165, 1.54) is 31.4 Å². The Hall–Kier alpha value is -2.46. The standard InChI is InChI=1S/C18H20ClN3O5S/c1-27-10-9-21-28(25,26)16-4-2-3-13(11-16)18(24)20-12-17(23)22-15-7-5-14(19)6-8-15/h2-8,11,21H,9-10,12H2,1H3,(H,20,24)(H,22,23). The Bertz CT molecular complexity index is 932. The van der Waals surface area contributed by atoms with Gasteiger partial charge in [0, 0.05) is 29.9 Å². The summed E-state index contributed by atoms with van der Waals surface area (Å²) in [6.07, 6.45) is 0. The molecule has 3 N–H and O–H groups in total. The van der Waals surface area contributed by atoms with Gasteiger partial charge < -0.3 is 15.4 Å². The van der Waals surface area contributed by atoms with Crippen molar-refractivity contribution in [1.29, 1.82) is 0 Å². The van der Waals surface area contributed by atoms with E-state index in [0.29, 0.717) is 10.7 Å². The van der Waals surface area contributed by atoms with Crippen molar-refractivity contribution in [2.75, 3.05) is 32.1 Å². The fraction of sp³-hybridized carbons (Fsp3) is 0.222. The van der Waals surface area contributed by atoms with Crippen molar-refractivity contribution in [1.82, 2.24) is 10.0 Å². The molecule has 0 saturated heterocycles. The summed E-state index contributed by atoms with van der Waals surface area (Å²) < 4.78 is 31.6. The van der Waals surface area contributed by atoms with E-state index < -0.39 is 21.8 Å². The van der Waals surface area contributed by atoms with Gasteiger partial charge in [-0.1, -0.05) is 17.7 Å². The van der Waals surface area contributed by atoms with Crippen molar-refractivity contribution in [2.45, 2.75) is 4.90 Å². The summed E-state index contributed by atoms with van der Waals surface area (Å²) in [6.45, 7) is 0.0623. The Kier molecular flexibility index (Phi) is 7.94. The minimum Gasteiger partial charge on any atom is -0.383 e. The molecule has 0 unspecified atom stereocenters. The normalized spacial score (nSPS) is 11.1. The van der Waals surface area contributed by atoms with Crippen LogP contribution in [-0.2, 0) is 19.6 Å². The van der Waals surface area contributed by atoms with Crippen LogP contribution in [0.5, 0.6) is 0 Å². The first kappa shape index (κ1) is 21.8. The van der Waals surface area contributed by atoms with Crippen molar-refractivity contribution < 1.29 is 22.7 Å². The molecule has 0 spiro atoms. The predicted molar refractivity (Wildman–Crippen MR) is 106 cm³/mol. The highest BCUT2D eigenvalue weighted by molar-refractivity contribution is 7.89. The maximum absolute atomic E-state index is 12.2. The van der Waals surface area contributed by atoms with Gasteiger partial charge in [-0.05, 0) is 42.5 Å². The minimum atomic E-state index is -3.76. The molecule has 0 bridgehead atoms. The van der Waals surface area contributed by atoms with Crippen molar-refractivity contribution in [3.8, 4) is 0 Å². The van der Waals surface area contributed by atoms with E-state index in [-0.39, 0.29) is 30.2 Å². The molecule has 0 heterocycles. The average Bonchev–Trinajstić information content (AvgIpc) is 2.68. The van der Waals surface area contributed by atoms with Crippen LogP contribution in [0.4, 0.5) is 5.69 Å². The molecular weight excluding hydrogens is 406 g/mol. The van der Waals surface area contributed by atoms with Gasteiger partial charge in [-0.25, -0.2) is 13.1 Å². The molecule has 0 fully saturated rings. The van der Waals surface area contributed by atoms with Gasteiger partial charge >= 0.3 is 0 Å². The number of amides is 2. The highest BCUT2D eigenvalue weighted by Crippen LogP contribution is 2.13. The Morgan fingerprint density at radius 2 is 1.82 bits per heavy atom. The first-order valence-electron chi connectivity index (χ1n) is 8.24. The quantitative estimate of drug-likeness (QED) is 0.528. The molecule has 2 amide bonds. The van der Waals surface area contributed by atoms with Crippen LogP contribution in [0.2, 0.25) is 5.02 Å². The first-order valence-corrected chi connectivity index (χ1v) is 10.1. The van der Waals surface area contributed by atoms with Gasteiger partial charge in [-0.2, -0.15) is 0 Å². The smallest absolute Gasteiger partial charge is 0.251 e. The molecule has 28 heavy (non-hydrogen) atoms. The molecule has 0 aliphatic rings. The largest absolute Gasteiger partial charge is 0.383 e. The average molecular weight is 426 g/mol. The number of benzene rings is 2. The van der Waals surface area contributed by atoms with Gasteiger partial charge in [0.25, 0.3) is 5.91 Å². The van der Waals surface area contributed by atoms with E-state index >= 15 is 0 Å². The summed E-state index contributed by atoms with van der Waals surface area (Å²) in [5, 5.41) is 5.60. The molecule has 2 aromatic carbocycles. The van der Waals surface area contributed by atoms with Crippen molar-refractivity contribution >= 4 is 39.1 Å². The molecule has 2 rings (SSSR count). The lowest BCUT2D eigenvalue weighted by atomic mass is 10.2. The second-order valence-corrected chi connectivity index (χ2v) is 7.86. The number of carbonyl (C=O) groups is 2. The van der Waals surface area contributed by atoms with E-state index in [0.717, 1.165) is 0 Å².